The highest BCUT2D eigenvalue weighted by atomic mass is 79.9. The van der Waals surface area contributed by atoms with E-state index in [2.05, 4.69) is 20.9 Å². The number of benzene rings is 2. The Kier molecular flexibility index (Phi) is 5.33. The van der Waals surface area contributed by atoms with E-state index in [4.69, 9.17) is 4.42 Å². The number of carbonyl (C=O) groups is 1. The molecule has 0 aliphatic carbocycles. The summed E-state index contributed by atoms with van der Waals surface area (Å²) >= 11 is 3.33. The average molecular weight is 450 g/mol. The van der Waals surface area contributed by atoms with Crippen LogP contribution in [0.2, 0.25) is 0 Å². The molecular formula is C18H16BrN3O4S. The number of carbonyl (C=O) groups excluding carboxylic acids is 1. The first-order chi connectivity index (χ1) is 12.8. The minimum atomic E-state index is -3.80. The Bertz CT molecular complexity index is 1050. The Balaban J connectivity index is 1.92. The molecule has 0 radical (unpaired) electrons. The molecule has 0 atom stereocenters. The molecule has 3 aromatic rings. The molecule has 1 heterocycles. The van der Waals surface area contributed by atoms with Crippen LogP contribution in [0.1, 0.15) is 10.7 Å². The fraction of sp³-hybridized carbons (Fsp3) is 0.111. The quantitative estimate of drug-likeness (QED) is 0.594. The van der Waals surface area contributed by atoms with Crippen molar-refractivity contribution in [1.82, 2.24) is 4.98 Å². The second-order valence-corrected chi connectivity index (χ2v) is 8.53. The van der Waals surface area contributed by atoms with Crippen molar-refractivity contribution in [2.24, 2.45) is 0 Å². The van der Waals surface area contributed by atoms with E-state index in [1.54, 1.807) is 36.4 Å². The molecule has 0 unspecified atom stereocenters. The first kappa shape index (κ1) is 19.1. The summed E-state index contributed by atoms with van der Waals surface area (Å²) in [5.41, 5.74) is 0.927. The molecular weight excluding hydrogens is 434 g/mol. The third-order valence-electron chi connectivity index (χ3n) is 3.97. The van der Waals surface area contributed by atoms with Crippen LogP contribution in [-0.2, 0) is 10.0 Å². The zero-order chi connectivity index (χ0) is 19.6. The third-order valence-corrected chi connectivity index (χ3v) is 6.28. The molecule has 3 rings (SSSR count). The molecule has 2 aromatic carbocycles. The van der Waals surface area contributed by atoms with Crippen molar-refractivity contribution >= 4 is 43.2 Å². The summed E-state index contributed by atoms with van der Waals surface area (Å²) in [6.07, 6.45) is 2.67. The van der Waals surface area contributed by atoms with E-state index in [9.17, 15) is 13.2 Å². The molecule has 0 aliphatic rings. The van der Waals surface area contributed by atoms with E-state index in [1.807, 2.05) is 0 Å². The fourth-order valence-electron chi connectivity index (χ4n) is 2.39. The van der Waals surface area contributed by atoms with Gasteiger partial charge in [0.2, 0.25) is 0 Å². The lowest BCUT2D eigenvalue weighted by Crippen LogP contribution is -2.28. The molecule has 140 valence electrons. The van der Waals surface area contributed by atoms with Crippen LogP contribution in [0.15, 0.2) is 74.8 Å². The van der Waals surface area contributed by atoms with Crippen LogP contribution in [-0.4, -0.2) is 33.4 Å². The average Bonchev–Trinajstić information content (AvgIpc) is 3.21. The standard InChI is InChI=1S/C18H16BrN3O4S/c1-21(18(23)17-20-10-11-26-17)15-4-3-5-16(12-15)27(24,25)22(2)14-8-6-13(19)7-9-14/h3-12H,1-2H3. The first-order valence-electron chi connectivity index (χ1n) is 7.83. The number of rotatable bonds is 5. The van der Waals surface area contributed by atoms with E-state index in [0.717, 1.165) is 4.47 Å². The van der Waals surface area contributed by atoms with Gasteiger partial charge in [-0.3, -0.25) is 9.10 Å². The van der Waals surface area contributed by atoms with Crippen molar-refractivity contribution in [2.45, 2.75) is 4.90 Å². The second kappa shape index (κ2) is 7.53. The fourth-order valence-corrected chi connectivity index (χ4v) is 3.89. The number of oxazole rings is 1. The highest BCUT2D eigenvalue weighted by Gasteiger charge is 2.24. The minimum Gasteiger partial charge on any atom is -0.441 e. The Morgan fingerprint density at radius 3 is 2.41 bits per heavy atom. The Morgan fingerprint density at radius 1 is 1.07 bits per heavy atom. The van der Waals surface area contributed by atoms with Crippen molar-refractivity contribution < 1.29 is 17.6 Å². The zero-order valence-corrected chi connectivity index (χ0v) is 16.9. The van der Waals surface area contributed by atoms with Crippen molar-refractivity contribution in [2.75, 3.05) is 23.3 Å². The monoisotopic (exact) mass is 449 g/mol. The van der Waals surface area contributed by atoms with Crippen molar-refractivity contribution in [3.8, 4) is 0 Å². The molecule has 0 aliphatic heterocycles. The number of sulfonamides is 1. The summed E-state index contributed by atoms with van der Waals surface area (Å²) in [6, 6.07) is 13.1. The van der Waals surface area contributed by atoms with E-state index < -0.39 is 15.9 Å². The molecule has 0 N–H and O–H groups in total. The third kappa shape index (κ3) is 3.88. The van der Waals surface area contributed by atoms with Gasteiger partial charge in [-0.2, -0.15) is 0 Å². The Labute approximate surface area is 165 Å². The molecule has 9 heteroatoms. The van der Waals surface area contributed by atoms with Gasteiger partial charge >= 0.3 is 5.91 Å². The van der Waals surface area contributed by atoms with Crippen LogP contribution in [0.25, 0.3) is 0 Å². The van der Waals surface area contributed by atoms with Crippen LogP contribution in [0.5, 0.6) is 0 Å². The number of hydrogen-bond donors (Lipinski definition) is 0. The summed E-state index contributed by atoms with van der Waals surface area (Å²) in [7, 11) is -0.796. The lowest BCUT2D eigenvalue weighted by molar-refractivity contribution is 0.0960. The van der Waals surface area contributed by atoms with Gasteiger partial charge in [0, 0.05) is 24.3 Å². The minimum absolute atomic E-state index is 0.0671. The number of halogens is 1. The van der Waals surface area contributed by atoms with E-state index in [-0.39, 0.29) is 10.8 Å². The predicted molar refractivity (Wildman–Crippen MR) is 105 cm³/mol. The highest BCUT2D eigenvalue weighted by Crippen LogP contribution is 2.26. The van der Waals surface area contributed by atoms with Gasteiger partial charge < -0.3 is 9.32 Å². The van der Waals surface area contributed by atoms with E-state index in [1.165, 1.54) is 47.9 Å². The van der Waals surface area contributed by atoms with Crippen LogP contribution in [0, 0.1) is 0 Å². The van der Waals surface area contributed by atoms with Gasteiger partial charge in [0.1, 0.15) is 6.26 Å². The lowest BCUT2D eigenvalue weighted by Gasteiger charge is -2.21. The molecule has 7 nitrogen and oxygen atoms in total. The van der Waals surface area contributed by atoms with Crippen LogP contribution >= 0.6 is 15.9 Å². The van der Waals surface area contributed by atoms with Crippen molar-refractivity contribution in [3.05, 3.63) is 71.4 Å². The number of aromatic nitrogens is 1. The smallest absolute Gasteiger partial charge is 0.313 e. The van der Waals surface area contributed by atoms with Crippen molar-refractivity contribution in [3.63, 3.8) is 0 Å². The number of anilines is 2. The maximum atomic E-state index is 13.0. The summed E-state index contributed by atoms with van der Waals surface area (Å²) in [4.78, 5) is 17.5. The van der Waals surface area contributed by atoms with Crippen LogP contribution in [0.3, 0.4) is 0 Å². The van der Waals surface area contributed by atoms with Crippen LogP contribution in [0.4, 0.5) is 11.4 Å². The molecule has 0 spiro atoms. The summed E-state index contributed by atoms with van der Waals surface area (Å²) in [5, 5.41) is 0. The van der Waals surface area contributed by atoms with Gasteiger partial charge in [0.25, 0.3) is 15.9 Å². The predicted octanol–water partition coefficient (Wildman–Crippen LogP) is 3.54. The molecule has 0 saturated carbocycles. The van der Waals surface area contributed by atoms with Crippen LogP contribution < -0.4 is 9.21 Å². The summed E-state index contributed by atoms with van der Waals surface area (Å²) in [6.45, 7) is 0. The van der Waals surface area contributed by atoms with Gasteiger partial charge in [0.05, 0.1) is 16.8 Å². The van der Waals surface area contributed by atoms with Crippen molar-refractivity contribution in [1.29, 1.82) is 0 Å². The van der Waals surface area contributed by atoms with Gasteiger partial charge in [-0.1, -0.05) is 22.0 Å². The largest absolute Gasteiger partial charge is 0.441 e. The maximum Gasteiger partial charge on any atom is 0.313 e. The lowest BCUT2D eigenvalue weighted by atomic mass is 10.3. The summed E-state index contributed by atoms with van der Waals surface area (Å²) in [5.74, 6) is -0.548. The highest BCUT2D eigenvalue weighted by molar-refractivity contribution is 9.10. The topological polar surface area (TPSA) is 83.7 Å². The van der Waals surface area contributed by atoms with E-state index >= 15 is 0 Å². The van der Waals surface area contributed by atoms with Gasteiger partial charge in [-0.05, 0) is 42.5 Å². The number of amides is 1. The number of nitrogens with zero attached hydrogens (tertiary/aromatic N) is 3. The molecule has 0 saturated heterocycles. The molecule has 27 heavy (non-hydrogen) atoms. The maximum absolute atomic E-state index is 13.0. The molecule has 1 aromatic heterocycles. The SMILES string of the molecule is CN(C(=O)c1ncco1)c1cccc(S(=O)(=O)N(C)c2ccc(Br)cc2)c1. The normalized spacial score (nSPS) is 11.2. The molecule has 1 amide bonds. The Hall–Kier alpha value is -2.65. The Morgan fingerprint density at radius 2 is 1.78 bits per heavy atom. The zero-order valence-electron chi connectivity index (χ0n) is 14.5. The number of hydrogen-bond acceptors (Lipinski definition) is 5. The van der Waals surface area contributed by atoms with Gasteiger partial charge in [-0.15, -0.1) is 0 Å². The van der Waals surface area contributed by atoms with E-state index in [0.29, 0.717) is 11.4 Å². The molecule has 0 fully saturated rings. The van der Waals surface area contributed by atoms with Gasteiger partial charge in [0.15, 0.2) is 0 Å². The molecule has 0 bridgehead atoms. The first-order valence-corrected chi connectivity index (χ1v) is 10.1. The second-order valence-electron chi connectivity index (χ2n) is 5.65. The summed E-state index contributed by atoms with van der Waals surface area (Å²) < 4.78 is 33.0. The van der Waals surface area contributed by atoms with Gasteiger partial charge in [-0.25, -0.2) is 13.4 Å².